The minimum atomic E-state index is -0.412. The van der Waals surface area contributed by atoms with E-state index in [0.29, 0.717) is 11.6 Å². The molecule has 1 aromatic heterocycles. The smallest absolute Gasteiger partial charge is 0.325 e. The molecule has 0 atom stereocenters. The van der Waals surface area contributed by atoms with Gasteiger partial charge in [-0.2, -0.15) is 0 Å². The Kier molecular flexibility index (Phi) is 3.22. The molecule has 0 aliphatic heterocycles. The molecule has 0 spiro atoms. The Balaban J connectivity index is 2.68. The van der Waals surface area contributed by atoms with Crippen LogP contribution in [0.3, 0.4) is 0 Å². The van der Waals surface area contributed by atoms with Crippen LogP contribution in [0.15, 0.2) is 10.9 Å². The highest BCUT2D eigenvalue weighted by Gasteiger charge is 2.01. The largest absolute Gasteiger partial charge is 0.468 e. The minimum absolute atomic E-state index is 0.00755. The quantitative estimate of drug-likeness (QED) is 0.648. The van der Waals surface area contributed by atoms with Crippen LogP contribution in [0.2, 0.25) is 0 Å². The number of rotatable bonds is 3. The first kappa shape index (κ1) is 10.2. The Morgan fingerprint density at radius 3 is 3.00 bits per heavy atom. The summed E-state index contributed by atoms with van der Waals surface area (Å²) in [6, 6.07) is 1.27. The maximum absolute atomic E-state index is 11.0. The molecule has 0 saturated carbocycles. The Bertz CT molecular complexity index is 386. The highest BCUT2D eigenvalue weighted by atomic mass is 16.5. The van der Waals surface area contributed by atoms with Gasteiger partial charge in [-0.3, -0.25) is 9.59 Å². The Morgan fingerprint density at radius 1 is 1.71 bits per heavy atom. The van der Waals surface area contributed by atoms with Gasteiger partial charge < -0.3 is 15.0 Å². The molecule has 0 radical (unpaired) electrons. The molecule has 0 fully saturated rings. The van der Waals surface area contributed by atoms with Crippen molar-refractivity contribution in [1.82, 2.24) is 9.97 Å². The van der Waals surface area contributed by atoms with Crippen molar-refractivity contribution < 1.29 is 9.53 Å². The second-order valence-corrected chi connectivity index (χ2v) is 2.65. The summed E-state index contributed by atoms with van der Waals surface area (Å²) in [5.41, 5.74) is -0.259. The average molecular weight is 197 g/mol. The molecule has 14 heavy (non-hydrogen) atoms. The van der Waals surface area contributed by atoms with E-state index in [1.807, 2.05) is 0 Å². The predicted octanol–water partition coefficient (Wildman–Crippen LogP) is -0.337. The summed E-state index contributed by atoms with van der Waals surface area (Å²) in [7, 11) is 1.29. The molecular formula is C8H11N3O3. The summed E-state index contributed by atoms with van der Waals surface area (Å²) in [5.74, 6) is 0.436. The van der Waals surface area contributed by atoms with E-state index in [-0.39, 0.29) is 12.1 Å². The van der Waals surface area contributed by atoms with Crippen LogP contribution in [-0.2, 0) is 9.53 Å². The van der Waals surface area contributed by atoms with Gasteiger partial charge in [0.1, 0.15) is 18.2 Å². The number of hydrogen-bond donors (Lipinski definition) is 2. The van der Waals surface area contributed by atoms with E-state index < -0.39 is 5.97 Å². The average Bonchev–Trinajstić information content (AvgIpc) is 2.12. The number of esters is 1. The number of hydrogen-bond acceptors (Lipinski definition) is 5. The van der Waals surface area contributed by atoms with Gasteiger partial charge in [-0.1, -0.05) is 0 Å². The third kappa shape index (κ3) is 2.89. The molecule has 0 aliphatic rings. The van der Waals surface area contributed by atoms with Gasteiger partial charge in [-0.25, -0.2) is 4.98 Å². The summed E-state index contributed by atoms with van der Waals surface area (Å²) >= 11 is 0. The zero-order valence-electron chi connectivity index (χ0n) is 7.96. The van der Waals surface area contributed by atoms with Gasteiger partial charge in [0.15, 0.2) is 0 Å². The van der Waals surface area contributed by atoms with Crippen molar-refractivity contribution in [3.8, 4) is 0 Å². The lowest BCUT2D eigenvalue weighted by atomic mass is 10.5. The van der Waals surface area contributed by atoms with Gasteiger partial charge in [0.25, 0.3) is 5.56 Å². The maximum atomic E-state index is 11.0. The number of anilines is 1. The van der Waals surface area contributed by atoms with Crippen molar-refractivity contribution >= 4 is 11.8 Å². The fraction of sp³-hybridized carbons (Fsp3) is 0.375. The molecule has 6 nitrogen and oxygen atoms in total. The molecule has 1 heterocycles. The minimum Gasteiger partial charge on any atom is -0.468 e. The topological polar surface area (TPSA) is 84.1 Å². The SMILES string of the molecule is COC(=O)CNc1cc(=O)[nH]c(C)n1. The van der Waals surface area contributed by atoms with Crippen LogP contribution in [0.5, 0.6) is 0 Å². The van der Waals surface area contributed by atoms with Crippen LogP contribution in [0.4, 0.5) is 5.82 Å². The van der Waals surface area contributed by atoms with Crippen molar-refractivity contribution in [2.24, 2.45) is 0 Å². The lowest BCUT2D eigenvalue weighted by molar-refractivity contribution is -0.138. The lowest BCUT2D eigenvalue weighted by Crippen LogP contribution is -2.18. The van der Waals surface area contributed by atoms with E-state index in [2.05, 4.69) is 20.0 Å². The number of nitrogens with one attached hydrogen (secondary N) is 2. The van der Waals surface area contributed by atoms with Crippen molar-refractivity contribution in [3.05, 3.63) is 22.2 Å². The fourth-order valence-electron chi connectivity index (χ4n) is 0.905. The first-order chi connectivity index (χ1) is 6.61. The predicted molar refractivity (Wildman–Crippen MR) is 50.1 cm³/mol. The number of carbonyl (C=O) groups is 1. The van der Waals surface area contributed by atoms with Crippen LogP contribution in [-0.4, -0.2) is 29.6 Å². The van der Waals surface area contributed by atoms with Crippen LogP contribution in [0.1, 0.15) is 5.82 Å². The van der Waals surface area contributed by atoms with Crippen LogP contribution >= 0.6 is 0 Å². The monoisotopic (exact) mass is 197 g/mol. The number of methoxy groups -OCH3 is 1. The van der Waals surface area contributed by atoms with Gasteiger partial charge in [-0.15, -0.1) is 0 Å². The van der Waals surface area contributed by atoms with Gasteiger partial charge >= 0.3 is 5.97 Å². The fourth-order valence-corrected chi connectivity index (χ4v) is 0.905. The highest BCUT2D eigenvalue weighted by Crippen LogP contribution is 1.96. The second kappa shape index (κ2) is 4.40. The number of carbonyl (C=O) groups excluding carboxylic acids is 1. The molecule has 0 unspecified atom stereocenters. The summed E-state index contributed by atoms with van der Waals surface area (Å²) in [4.78, 5) is 28.2. The van der Waals surface area contributed by atoms with E-state index in [1.54, 1.807) is 6.92 Å². The van der Waals surface area contributed by atoms with E-state index in [1.165, 1.54) is 13.2 Å². The first-order valence-electron chi connectivity index (χ1n) is 4.00. The molecule has 76 valence electrons. The Morgan fingerprint density at radius 2 is 2.43 bits per heavy atom. The molecule has 1 aromatic rings. The molecule has 0 bridgehead atoms. The van der Waals surface area contributed by atoms with Crippen molar-refractivity contribution in [2.75, 3.05) is 19.0 Å². The van der Waals surface area contributed by atoms with Gasteiger partial charge in [0, 0.05) is 6.07 Å². The summed E-state index contributed by atoms with van der Waals surface area (Å²) in [6.07, 6.45) is 0. The Labute approximate surface area is 80.3 Å². The number of nitrogens with zero attached hydrogens (tertiary/aromatic N) is 1. The normalized spacial score (nSPS) is 9.57. The molecule has 6 heteroatoms. The van der Waals surface area contributed by atoms with Gasteiger partial charge in [0.2, 0.25) is 0 Å². The number of H-pyrrole nitrogens is 1. The molecule has 0 aliphatic carbocycles. The zero-order chi connectivity index (χ0) is 10.6. The number of aryl methyl sites for hydroxylation is 1. The molecule has 0 amide bonds. The first-order valence-corrected chi connectivity index (χ1v) is 4.00. The molecule has 1 rings (SSSR count). The van der Waals surface area contributed by atoms with E-state index in [9.17, 15) is 9.59 Å². The van der Waals surface area contributed by atoms with Crippen LogP contribution in [0.25, 0.3) is 0 Å². The third-order valence-electron chi connectivity index (χ3n) is 1.50. The van der Waals surface area contributed by atoms with E-state index in [0.717, 1.165) is 0 Å². The summed E-state index contributed by atoms with van der Waals surface area (Å²) in [5, 5.41) is 2.67. The molecular weight excluding hydrogens is 186 g/mol. The summed E-state index contributed by atoms with van der Waals surface area (Å²) in [6.45, 7) is 1.65. The molecule has 0 saturated heterocycles. The van der Waals surface area contributed by atoms with Gasteiger partial charge in [0.05, 0.1) is 7.11 Å². The zero-order valence-corrected chi connectivity index (χ0v) is 7.96. The molecule has 2 N–H and O–H groups in total. The summed E-state index contributed by atoms with van der Waals surface area (Å²) < 4.78 is 4.42. The number of aromatic nitrogens is 2. The third-order valence-corrected chi connectivity index (χ3v) is 1.50. The molecule has 0 aromatic carbocycles. The van der Waals surface area contributed by atoms with E-state index in [4.69, 9.17) is 0 Å². The number of aromatic amines is 1. The van der Waals surface area contributed by atoms with Crippen LogP contribution < -0.4 is 10.9 Å². The lowest BCUT2D eigenvalue weighted by Gasteiger charge is -2.03. The standard InChI is InChI=1S/C8H11N3O3/c1-5-10-6(3-7(12)11-5)9-4-8(13)14-2/h3H,4H2,1-2H3,(H2,9,10,11,12). The van der Waals surface area contributed by atoms with Crippen molar-refractivity contribution in [3.63, 3.8) is 0 Å². The van der Waals surface area contributed by atoms with E-state index >= 15 is 0 Å². The Hall–Kier alpha value is -1.85. The van der Waals surface area contributed by atoms with Gasteiger partial charge in [-0.05, 0) is 6.92 Å². The van der Waals surface area contributed by atoms with Crippen LogP contribution in [0, 0.1) is 6.92 Å². The highest BCUT2D eigenvalue weighted by molar-refractivity contribution is 5.74. The number of ether oxygens (including phenoxy) is 1. The second-order valence-electron chi connectivity index (χ2n) is 2.65. The van der Waals surface area contributed by atoms with Crippen molar-refractivity contribution in [1.29, 1.82) is 0 Å². The van der Waals surface area contributed by atoms with Crippen molar-refractivity contribution in [2.45, 2.75) is 6.92 Å². The maximum Gasteiger partial charge on any atom is 0.325 e.